The second-order valence-corrected chi connectivity index (χ2v) is 7.06. The van der Waals surface area contributed by atoms with Crippen LogP contribution in [0.15, 0.2) is 17.3 Å². The van der Waals surface area contributed by atoms with Crippen molar-refractivity contribution in [1.29, 1.82) is 0 Å². The summed E-state index contributed by atoms with van der Waals surface area (Å²) in [6.07, 6.45) is 1.72. The molecule has 0 fully saturated rings. The highest BCUT2D eigenvalue weighted by Crippen LogP contribution is 2.00. The van der Waals surface area contributed by atoms with E-state index in [1.54, 1.807) is 10.9 Å². The Hall–Kier alpha value is -0.880. The van der Waals surface area contributed by atoms with Crippen LogP contribution in [0.1, 0.15) is 26.5 Å². The Balaban J connectivity index is 0.00000529. The van der Waals surface area contributed by atoms with Crippen molar-refractivity contribution in [3.63, 3.8) is 0 Å². The topological polar surface area (TPSA) is 91.6 Å². The highest BCUT2D eigenvalue weighted by atomic mass is 127. The third-order valence-electron chi connectivity index (χ3n) is 3.42. The van der Waals surface area contributed by atoms with Crippen molar-refractivity contribution in [2.45, 2.75) is 27.3 Å². The zero-order valence-corrected chi connectivity index (χ0v) is 18.0. The van der Waals surface area contributed by atoms with E-state index in [4.69, 9.17) is 0 Å². The normalized spacial score (nSPS) is 12.1. The number of nitrogens with zero attached hydrogens (tertiary/aromatic N) is 4. The molecule has 1 heterocycles. The summed E-state index contributed by atoms with van der Waals surface area (Å²) in [5.41, 5.74) is 0.984. The van der Waals surface area contributed by atoms with E-state index < -0.39 is 10.0 Å². The van der Waals surface area contributed by atoms with Crippen molar-refractivity contribution >= 4 is 40.0 Å². The Morgan fingerprint density at radius 2 is 1.96 bits per heavy atom. The number of hydrogen-bond acceptors (Lipinski definition) is 4. The molecular weight excluding hydrogens is 443 g/mol. The first-order valence-corrected chi connectivity index (χ1v) is 9.52. The summed E-state index contributed by atoms with van der Waals surface area (Å²) in [4.78, 5) is 4.45. The van der Waals surface area contributed by atoms with Gasteiger partial charge in [-0.2, -0.15) is 5.10 Å². The molecule has 0 spiro atoms. The largest absolute Gasteiger partial charge is 0.357 e. The fourth-order valence-electron chi connectivity index (χ4n) is 2.10. The number of nitrogens with one attached hydrogen (secondary N) is 2. The second kappa shape index (κ2) is 11.6. The van der Waals surface area contributed by atoms with Gasteiger partial charge in [0.2, 0.25) is 10.0 Å². The molecule has 1 aromatic heterocycles. The third-order valence-corrected chi connectivity index (χ3v) is 5.44. The monoisotopic (exact) mass is 472 g/mol. The molecule has 0 radical (unpaired) electrons. The van der Waals surface area contributed by atoms with Crippen LogP contribution < -0.4 is 10.6 Å². The average Bonchev–Trinajstić information content (AvgIpc) is 2.91. The van der Waals surface area contributed by atoms with Crippen LogP contribution in [-0.2, 0) is 23.6 Å². The number of aliphatic imine (C=N–C) groups is 1. The van der Waals surface area contributed by atoms with Gasteiger partial charge in [-0.1, -0.05) is 13.8 Å². The molecule has 0 aliphatic carbocycles. The summed E-state index contributed by atoms with van der Waals surface area (Å²) in [6, 6.07) is 1.90. The van der Waals surface area contributed by atoms with Gasteiger partial charge >= 0.3 is 0 Å². The molecule has 0 atom stereocenters. The van der Waals surface area contributed by atoms with E-state index in [-0.39, 0.29) is 29.7 Å². The first-order valence-electron chi connectivity index (χ1n) is 7.91. The van der Waals surface area contributed by atoms with Gasteiger partial charge in [-0.3, -0.25) is 4.68 Å². The Kier molecular flexibility index (Phi) is 11.2. The van der Waals surface area contributed by atoms with E-state index in [1.165, 1.54) is 4.31 Å². The van der Waals surface area contributed by atoms with Crippen molar-refractivity contribution in [2.75, 3.05) is 31.9 Å². The molecule has 0 bridgehead atoms. The fraction of sp³-hybridized carbons (Fsp3) is 0.714. The number of aryl methyl sites for hydroxylation is 1. The standard InChI is InChI=1S/C14H28N6O2S.HI/c1-5-15-14(17-12-13-8-9-18-19(13)4)16-10-11-23(21,22)20(6-2)7-3;/h8-9H,5-7,10-12H2,1-4H3,(H2,15,16,17);1H. The van der Waals surface area contributed by atoms with Gasteiger partial charge in [-0.05, 0) is 13.0 Å². The molecule has 8 nitrogen and oxygen atoms in total. The van der Waals surface area contributed by atoms with Gasteiger partial charge in [0.1, 0.15) is 0 Å². The van der Waals surface area contributed by atoms with E-state index >= 15 is 0 Å². The van der Waals surface area contributed by atoms with Gasteiger partial charge in [0.15, 0.2) is 5.96 Å². The smallest absolute Gasteiger partial charge is 0.215 e. The number of guanidine groups is 1. The summed E-state index contributed by atoms with van der Waals surface area (Å²) >= 11 is 0. The van der Waals surface area contributed by atoms with Crippen molar-refractivity contribution < 1.29 is 8.42 Å². The number of halogens is 1. The molecule has 0 amide bonds. The van der Waals surface area contributed by atoms with E-state index in [0.717, 1.165) is 5.69 Å². The van der Waals surface area contributed by atoms with Crippen LogP contribution in [0.4, 0.5) is 0 Å². The van der Waals surface area contributed by atoms with Gasteiger partial charge in [-0.15, -0.1) is 24.0 Å². The molecule has 24 heavy (non-hydrogen) atoms. The number of aromatic nitrogens is 2. The van der Waals surface area contributed by atoms with Crippen molar-refractivity contribution in [3.05, 3.63) is 18.0 Å². The summed E-state index contributed by atoms with van der Waals surface area (Å²) in [6.45, 7) is 8.14. The molecule has 10 heteroatoms. The minimum Gasteiger partial charge on any atom is -0.357 e. The molecule has 0 aliphatic heterocycles. The molecule has 0 saturated carbocycles. The molecule has 0 unspecified atom stereocenters. The zero-order valence-electron chi connectivity index (χ0n) is 14.8. The lowest BCUT2D eigenvalue weighted by Crippen LogP contribution is -2.42. The number of hydrogen-bond donors (Lipinski definition) is 2. The molecular formula is C14H29IN6O2S. The quantitative estimate of drug-likeness (QED) is 0.315. The van der Waals surface area contributed by atoms with Gasteiger partial charge in [0.25, 0.3) is 0 Å². The minimum absolute atomic E-state index is 0. The Labute approximate surface area is 162 Å². The highest BCUT2D eigenvalue weighted by molar-refractivity contribution is 14.0. The molecule has 1 rings (SSSR count). The molecule has 0 saturated heterocycles. The highest BCUT2D eigenvalue weighted by Gasteiger charge is 2.18. The summed E-state index contributed by atoms with van der Waals surface area (Å²) < 4.78 is 27.5. The zero-order chi connectivity index (χ0) is 17.3. The van der Waals surface area contributed by atoms with Gasteiger partial charge in [-0.25, -0.2) is 17.7 Å². The lowest BCUT2D eigenvalue weighted by Gasteiger charge is -2.19. The lowest BCUT2D eigenvalue weighted by atomic mass is 10.4. The molecule has 0 aromatic carbocycles. The number of rotatable bonds is 9. The van der Waals surface area contributed by atoms with Crippen molar-refractivity contribution in [3.8, 4) is 0 Å². The van der Waals surface area contributed by atoms with Crippen LogP contribution in [0.2, 0.25) is 0 Å². The fourth-order valence-corrected chi connectivity index (χ4v) is 3.51. The van der Waals surface area contributed by atoms with Crippen LogP contribution >= 0.6 is 24.0 Å². The predicted octanol–water partition coefficient (Wildman–Crippen LogP) is 0.765. The van der Waals surface area contributed by atoms with Gasteiger partial charge in [0, 0.05) is 39.4 Å². The minimum atomic E-state index is -3.22. The Morgan fingerprint density at radius 1 is 1.29 bits per heavy atom. The lowest BCUT2D eigenvalue weighted by molar-refractivity contribution is 0.445. The summed E-state index contributed by atoms with van der Waals surface area (Å²) in [5.74, 6) is 0.647. The second-order valence-electron chi connectivity index (χ2n) is 4.97. The van der Waals surface area contributed by atoms with E-state index in [0.29, 0.717) is 38.7 Å². The van der Waals surface area contributed by atoms with Crippen molar-refractivity contribution in [2.24, 2.45) is 12.0 Å². The van der Waals surface area contributed by atoms with Gasteiger partial charge < -0.3 is 10.6 Å². The number of sulfonamides is 1. The van der Waals surface area contributed by atoms with Crippen LogP contribution in [-0.4, -0.2) is 60.4 Å². The van der Waals surface area contributed by atoms with Gasteiger partial charge in [0.05, 0.1) is 18.0 Å². The molecule has 140 valence electrons. The predicted molar refractivity (Wildman–Crippen MR) is 108 cm³/mol. The summed E-state index contributed by atoms with van der Waals surface area (Å²) in [7, 11) is -1.36. The first kappa shape index (κ1) is 23.1. The van der Waals surface area contributed by atoms with Crippen molar-refractivity contribution in [1.82, 2.24) is 24.7 Å². The third kappa shape index (κ3) is 7.34. The first-order chi connectivity index (χ1) is 10.9. The maximum Gasteiger partial charge on any atom is 0.215 e. The molecule has 0 aliphatic rings. The SMILES string of the molecule is CCNC(=NCc1ccnn1C)NCCS(=O)(=O)N(CC)CC.I. The van der Waals surface area contributed by atoms with Crippen LogP contribution in [0.25, 0.3) is 0 Å². The average molecular weight is 472 g/mol. The van der Waals surface area contributed by atoms with Crippen LogP contribution in [0.5, 0.6) is 0 Å². The van der Waals surface area contributed by atoms with Crippen LogP contribution in [0.3, 0.4) is 0 Å². The maximum absolute atomic E-state index is 12.1. The van der Waals surface area contributed by atoms with Crippen LogP contribution in [0, 0.1) is 0 Å². The maximum atomic E-state index is 12.1. The Morgan fingerprint density at radius 3 is 2.46 bits per heavy atom. The Bertz CT molecular complexity index is 598. The van der Waals surface area contributed by atoms with E-state index in [2.05, 4.69) is 20.7 Å². The summed E-state index contributed by atoms with van der Waals surface area (Å²) in [5, 5.41) is 10.3. The van der Waals surface area contributed by atoms with E-state index in [1.807, 2.05) is 33.9 Å². The molecule has 1 aromatic rings. The van der Waals surface area contributed by atoms with E-state index in [9.17, 15) is 8.42 Å². The molecule has 2 N–H and O–H groups in total.